The topological polar surface area (TPSA) is 123 Å². The summed E-state index contributed by atoms with van der Waals surface area (Å²) in [6.07, 6.45) is 1.59. The number of carbonyl (C=O) groups excluding carboxylic acids is 1. The summed E-state index contributed by atoms with van der Waals surface area (Å²) in [5, 5.41) is 13.7. The van der Waals surface area contributed by atoms with Crippen molar-refractivity contribution in [1.82, 2.24) is 23.8 Å². The average molecular weight is 301 g/mol. The highest BCUT2D eigenvalue weighted by atomic mass is 32.1. The maximum atomic E-state index is 11.9. The van der Waals surface area contributed by atoms with Crippen LogP contribution in [0.2, 0.25) is 0 Å². The molecule has 0 unspecified atom stereocenters. The van der Waals surface area contributed by atoms with E-state index in [1.807, 2.05) is 18.2 Å². The minimum atomic E-state index is -0.463. The molecule has 0 saturated carbocycles. The largest absolute Gasteiger partial charge is 0.370 e. The van der Waals surface area contributed by atoms with Gasteiger partial charge in [-0.1, -0.05) is 6.07 Å². The Morgan fingerprint density at radius 1 is 1.43 bits per heavy atom. The van der Waals surface area contributed by atoms with Crippen LogP contribution >= 0.6 is 11.7 Å². The molecular formula is C12H11N7OS. The van der Waals surface area contributed by atoms with Gasteiger partial charge in [-0.05, 0) is 19.1 Å². The monoisotopic (exact) mass is 301 g/mol. The highest BCUT2D eigenvalue weighted by Crippen LogP contribution is 2.21. The fraction of sp³-hybridized carbons (Fsp3) is 0.0833. The fourth-order valence-electron chi connectivity index (χ4n) is 1.97. The van der Waals surface area contributed by atoms with Gasteiger partial charge in [-0.25, -0.2) is 4.68 Å². The summed E-state index contributed by atoms with van der Waals surface area (Å²) in [5.74, 6) is -0.868. The van der Waals surface area contributed by atoms with Crippen LogP contribution in [0.4, 0.5) is 0 Å². The quantitative estimate of drug-likeness (QED) is 0.477. The summed E-state index contributed by atoms with van der Waals surface area (Å²) in [5.41, 5.74) is 8.30. The van der Waals surface area contributed by atoms with Crippen LogP contribution in [0.3, 0.4) is 0 Å². The number of hydrogen-bond donors (Lipinski definition) is 3. The van der Waals surface area contributed by atoms with E-state index in [1.54, 1.807) is 17.8 Å². The van der Waals surface area contributed by atoms with E-state index in [2.05, 4.69) is 19.2 Å². The first kappa shape index (κ1) is 13.2. The van der Waals surface area contributed by atoms with Gasteiger partial charge in [-0.2, -0.15) is 13.8 Å². The van der Waals surface area contributed by atoms with Crippen LogP contribution in [-0.2, 0) is 0 Å². The maximum absolute atomic E-state index is 11.9. The van der Waals surface area contributed by atoms with E-state index in [1.165, 1.54) is 0 Å². The third kappa shape index (κ3) is 2.34. The smallest absolute Gasteiger partial charge is 0.261 e. The summed E-state index contributed by atoms with van der Waals surface area (Å²) in [6.45, 7) is 1.71. The van der Waals surface area contributed by atoms with Crippen LogP contribution in [0.5, 0.6) is 0 Å². The van der Waals surface area contributed by atoms with Crippen molar-refractivity contribution >= 4 is 34.6 Å². The van der Waals surface area contributed by atoms with Crippen molar-refractivity contribution in [2.24, 2.45) is 5.73 Å². The Bertz CT molecular complexity index is 850. The molecule has 0 saturated heterocycles. The van der Waals surface area contributed by atoms with Gasteiger partial charge in [0.05, 0.1) is 28.7 Å². The number of nitrogens with zero attached hydrogens (tertiary/aromatic N) is 4. The Morgan fingerprint density at radius 3 is 3.00 bits per heavy atom. The average Bonchev–Trinajstić information content (AvgIpc) is 3.03. The van der Waals surface area contributed by atoms with Crippen molar-refractivity contribution < 1.29 is 4.79 Å². The Kier molecular flexibility index (Phi) is 3.10. The number of nitrogens with one attached hydrogen (secondary N) is 2. The van der Waals surface area contributed by atoms with Crippen LogP contribution in [-0.4, -0.2) is 30.4 Å². The lowest BCUT2D eigenvalue weighted by Gasteiger charge is -2.01. The van der Waals surface area contributed by atoms with Gasteiger partial charge in [0.2, 0.25) is 0 Å². The molecule has 0 atom stereocenters. The molecule has 4 N–H and O–H groups in total. The predicted molar refractivity (Wildman–Crippen MR) is 78.7 cm³/mol. The first-order valence-corrected chi connectivity index (χ1v) is 6.72. The zero-order chi connectivity index (χ0) is 15.0. The second-order valence-electron chi connectivity index (χ2n) is 4.35. The number of guanidine groups is 1. The number of benzene rings is 1. The zero-order valence-corrected chi connectivity index (χ0v) is 11.8. The normalized spacial score (nSPS) is 10.7. The van der Waals surface area contributed by atoms with E-state index in [0.717, 1.165) is 28.4 Å². The van der Waals surface area contributed by atoms with Crippen molar-refractivity contribution in [3.05, 3.63) is 35.7 Å². The molecule has 0 aliphatic rings. The van der Waals surface area contributed by atoms with Crippen molar-refractivity contribution in [2.45, 2.75) is 6.92 Å². The van der Waals surface area contributed by atoms with Crippen LogP contribution in [0.25, 0.3) is 16.7 Å². The Hall–Kier alpha value is -2.81. The summed E-state index contributed by atoms with van der Waals surface area (Å²) in [7, 11) is 0. The zero-order valence-electron chi connectivity index (χ0n) is 11.0. The molecule has 0 radical (unpaired) electrons. The number of carbonyl (C=O) groups is 1. The molecule has 21 heavy (non-hydrogen) atoms. The summed E-state index contributed by atoms with van der Waals surface area (Å²) >= 11 is 1.12. The van der Waals surface area contributed by atoms with E-state index in [-0.39, 0.29) is 0 Å². The van der Waals surface area contributed by atoms with Gasteiger partial charge in [0.1, 0.15) is 11.0 Å². The number of fused-ring (bicyclic) bond motifs is 1. The lowest BCUT2D eigenvalue weighted by molar-refractivity contribution is 0.0976. The van der Waals surface area contributed by atoms with Crippen LogP contribution < -0.4 is 11.1 Å². The second-order valence-corrected chi connectivity index (χ2v) is 4.88. The number of hydrogen-bond acceptors (Lipinski definition) is 6. The van der Waals surface area contributed by atoms with Crippen molar-refractivity contribution in [3.8, 4) is 5.69 Å². The number of aryl methyl sites for hydroxylation is 1. The summed E-state index contributed by atoms with van der Waals surface area (Å²) in [6, 6.07) is 5.57. The maximum Gasteiger partial charge on any atom is 0.261 e. The predicted octanol–water partition coefficient (Wildman–Crippen LogP) is 0.809. The molecule has 0 fully saturated rings. The highest BCUT2D eigenvalue weighted by Gasteiger charge is 2.16. The molecule has 0 spiro atoms. The third-order valence-corrected chi connectivity index (χ3v) is 3.45. The van der Waals surface area contributed by atoms with Crippen molar-refractivity contribution in [3.63, 3.8) is 0 Å². The number of amides is 1. The van der Waals surface area contributed by atoms with E-state index >= 15 is 0 Å². The molecule has 3 rings (SSSR count). The van der Waals surface area contributed by atoms with Gasteiger partial charge in [-0.3, -0.25) is 15.5 Å². The van der Waals surface area contributed by atoms with E-state index in [4.69, 9.17) is 11.1 Å². The molecule has 3 aromatic rings. The molecule has 106 valence electrons. The van der Waals surface area contributed by atoms with E-state index in [0.29, 0.717) is 11.3 Å². The Labute approximate surface area is 123 Å². The van der Waals surface area contributed by atoms with Gasteiger partial charge in [0.15, 0.2) is 5.96 Å². The van der Waals surface area contributed by atoms with Gasteiger partial charge < -0.3 is 5.73 Å². The molecule has 1 aromatic carbocycles. The molecule has 2 heterocycles. The van der Waals surface area contributed by atoms with Gasteiger partial charge in [-0.15, -0.1) is 0 Å². The second kappa shape index (κ2) is 4.94. The fourth-order valence-corrected chi connectivity index (χ4v) is 2.52. The van der Waals surface area contributed by atoms with E-state index in [9.17, 15) is 4.79 Å². The lowest BCUT2D eigenvalue weighted by Crippen LogP contribution is -2.35. The lowest BCUT2D eigenvalue weighted by atomic mass is 10.2. The van der Waals surface area contributed by atoms with Crippen molar-refractivity contribution in [2.75, 3.05) is 0 Å². The Balaban J connectivity index is 2.06. The molecule has 0 aliphatic carbocycles. The standard InChI is InChI=1S/C12H11N7OS/c1-6-7(11(20)15-12(13)14)5-19(16-6)9-4-2-3-8-10(9)18-21-17-8/h2-5H,1H3,(H4,13,14,15,20). The molecule has 8 nitrogen and oxygen atoms in total. The van der Waals surface area contributed by atoms with Crippen molar-refractivity contribution in [1.29, 1.82) is 5.41 Å². The molecule has 0 aliphatic heterocycles. The molecular weight excluding hydrogens is 290 g/mol. The minimum absolute atomic E-state index is 0.352. The molecule has 0 bridgehead atoms. The highest BCUT2D eigenvalue weighted by molar-refractivity contribution is 7.00. The van der Waals surface area contributed by atoms with Crippen LogP contribution in [0, 0.1) is 12.3 Å². The summed E-state index contributed by atoms with van der Waals surface area (Å²) < 4.78 is 9.99. The number of rotatable bonds is 2. The van der Waals surface area contributed by atoms with Crippen LogP contribution in [0.1, 0.15) is 16.1 Å². The number of aromatic nitrogens is 4. The summed E-state index contributed by atoms with van der Waals surface area (Å²) in [4.78, 5) is 11.9. The molecule has 2 aromatic heterocycles. The Morgan fingerprint density at radius 2 is 2.24 bits per heavy atom. The first-order chi connectivity index (χ1) is 10.1. The number of nitrogens with two attached hydrogens (primary N) is 1. The molecule has 1 amide bonds. The SMILES string of the molecule is Cc1nn(-c2cccc3nsnc23)cc1C(=O)NC(=N)N. The third-order valence-electron chi connectivity index (χ3n) is 2.90. The molecule has 9 heteroatoms. The van der Waals surface area contributed by atoms with Gasteiger partial charge in [0, 0.05) is 6.20 Å². The minimum Gasteiger partial charge on any atom is -0.370 e. The first-order valence-electron chi connectivity index (χ1n) is 5.99. The van der Waals surface area contributed by atoms with Gasteiger partial charge in [0.25, 0.3) is 5.91 Å². The van der Waals surface area contributed by atoms with Gasteiger partial charge >= 0.3 is 0 Å². The van der Waals surface area contributed by atoms with Crippen LogP contribution in [0.15, 0.2) is 24.4 Å². The van der Waals surface area contributed by atoms with E-state index < -0.39 is 11.9 Å².